The number of nitrogens with one attached hydrogen (secondary N) is 1. The zero-order valence-corrected chi connectivity index (χ0v) is 31.7. The summed E-state index contributed by atoms with van der Waals surface area (Å²) in [6, 6.07) is 11.2. The topological polar surface area (TPSA) is 133 Å². The van der Waals surface area contributed by atoms with Crippen LogP contribution >= 0.6 is 0 Å². The van der Waals surface area contributed by atoms with Crippen molar-refractivity contribution in [1.29, 1.82) is 0 Å². The van der Waals surface area contributed by atoms with Gasteiger partial charge in [0.05, 0.1) is 29.4 Å². The van der Waals surface area contributed by atoms with Gasteiger partial charge in [0.2, 0.25) is 5.91 Å². The molecule has 13 heteroatoms. The Balaban J connectivity index is 0.000000251. The first-order chi connectivity index (χ1) is 26.6. The van der Waals surface area contributed by atoms with E-state index < -0.39 is 46.2 Å². The van der Waals surface area contributed by atoms with Gasteiger partial charge in [-0.05, 0) is 110 Å². The zero-order chi connectivity index (χ0) is 40.2. The van der Waals surface area contributed by atoms with E-state index in [1.807, 2.05) is 0 Å². The predicted octanol–water partition coefficient (Wildman–Crippen LogP) is 6.55. The number of halogens is 4. The standard InChI is InChI=1S/C32H36F4N2O2.C11H14O5/c1-20-18-38(11-10-30(20)8-6-22-4-2-3-5-27(22)30)26-7-9-31(16-26,28-14-23(28)19-39)29(40)37-17-21-12-24(32(34,35)36)15-25(33)13-21;1-16-10(15)11(3-2-6(12)5-11)8-4-7(8)9(13)14/h2-6,8,12-13,15,20,23,26,28,39H,7,9-11,14,16-19H2,1H3,(H,37,40);7-8H,2-5H2,1H3,(H,13,14)/t20-,23?,26?,28?,30-,31?;/m0./s1. The number of aliphatic hydroxyl groups excluding tert-OH is 1. The average molecular weight is 783 g/mol. The zero-order valence-electron chi connectivity index (χ0n) is 31.7. The molecule has 2 aromatic carbocycles. The van der Waals surface area contributed by atoms with E-state index in [4.69, 9.17) is 9.84 Å². The van der Waals surface area contributed by atoms with Crippen molar-refractivity contribution in [3.05, 3.63) is 76.6 Å². The summed E-state index contributed by atoms with van der Waals surface area (Å²) < 4.78 is 58.2. The number of rotatable bonds is 9. The molecule has 1 saturated heterocycles. The van der Waals surface area contributed by atoms with Gasteiger partial charge in [-0.1, -0.05) is 43.3 Å². The number of nitrogens with zero attached hydrogens (tertiary/aromatic N) is 1. The SMILES string of the molecule is COC(=O)C1(C2CC2C(=O)O)CCC(=O)C1.C[C@H]1CN(C2CCC(C(=O)NCc3cc(F)cc(C(F)(F)F)c3)(C3CC3CO)C2)CC[C@@]12C=Cc1ccccc12. The molecule has 8 rings (SSSR count). The van der Waals surface area contributed by atoms with Crippen molar-refractivity contribution >= 4 is 29.7 Å². The summed E-state index contributed by atoms with van der Waals surface area (Å²) in [5.74, 6) is -2.61. The third kappa shape index (κ3) is 7.29. The number of hydrogen-bond donors (Lipinski definition) is 3. The van der Waals surface area contributed by atoms with E-state index >= 15 is 0 Å². The van der Waals surface area contributed by atoms with E-state index in [0.29, 0.717) is 44.1 Å². The summed E-state index contributed by atoms with van der Waals surface area (Å²) in [5, 5.41) is 21.6. The van der Waals surface area contributed by atoms with Crippen LogP contribution < -0.4 is 5.32 Å². The number of Topliss-reactive ketones (excluding diaryl/α,β-unsaturated/α-hetero) is 1. The van der Waals surface area contributed by atoms with Crippen LogP contribution in [0.1, 0.15) is 87.0 Å². The van der Waals surface area contributed by atoms with Crippen LogP contribution in [0.2, 0.25) is 0 Å². The van der Waals surface area contributed by atoms with Crippen LogP contribution in [-0.4, -0.2) is 71.6 Å². The van der Waals surface area contributed by atoms with Gasteiger partial charge in [-0.25, -0.2) is 4.39 Å². The molecule has 5 fully saturated rings. The molecule has 1 aliphatic heterocycles. The second kappa shape index (κ2) is 15.0. The molecule has 0 aromatic heterocycles. The molecule has 4 saturated carbocycles. The van der Waals surface area contributed by atoms with Crippen LogP contribution in [0.4, 0.5) is 17.6 Å². The van der Waals surface area contributed by atoms with Crippen molar-refractivity contribution in [3.63, 3.8) is 0 Å². The first-order valence-corrected chi connectivity index (χ1v) is 19.7. The minimum absolute atomic E-state index is 0.0260. The highest BCUT2D eigenvalue weighted by molar-refractivity contribution is 5.92. The monoisotopic (exact) mass is 782 g/mol. The number of carboxylic acids is 1. The highest BCUT2D eigenvalue weighted by atomic mass is 19.4. The number of carbonyl (C=O) groups is 4. The lowest BCUT2D eigenvalue weighted by atomic mass is 9.67. The molecule has 56 heavy (non-hydrogen) atoms. The Hall–Kier alpha value is -4.10. The molecule has 302 valence electrons. The Labute approximate surface area is 323 Å². The Kier molecular flexibility index (Phi) is 10.7. The van der Waals surface area contributed by atoms with Crippen LogP contribution in [-0.2, 0) is 42.1 Å². The number of amides is 1. The highest BCUT2D eigenvalue weighted by Gasteiger charge is 2.63. The van der Waals surface area contributed by atoms with Gasteiger partial charge in [-0.15, -0.1) is 0 Å². The van der Waals surface area contributed by atoms with Crippen LogP contribution in [0, 0.1) is 46.2 Å². The second-order valence-electron chi connectivity index (χ2n) is 17.1. The summed E-state index contributed by atoms with van der Waals surface area (Å²) in [6.45, 7) is 4.03. The molecule has 5 aliphatic carbocycles. The van der Waals surface area contributed by atoms with Gasteiger partial charge >= 0.3 is 18.1 Å². The summed E-state index contributed by atoms with van der Waals surface area (Å²) in [5.41, 5.74) is 0.233. The van der Waals surface area contributed by atoms with Crippen molar-refractivity contribution in [1.82, 2.24) is 10.2 Å². The maximum absolute atomic E-state index is 13.9. The maximum Gasteiger partial charge on any atom is 0.416 e. The fraction of sp³-hybridized carbons (Fsp3) is 0.581. The number of carbonyl (C=O) groups excluding carboxylic acids is 3. The van der Waals surface area contributed by atoms with Gasteiger partial charge in [-0.3, -0.25) is 24.1 Å². The number of piperidine rings is 1. The molecule has 2 aromatic rings. The number of aliphatic hydroxyl groups is 1. The summed E-state index contributed by atoms with van der Waals surface area (Å²) in [6.07, 6.45) is 5.39. The number of hydrogen-bond acceptors (Lipinski definition) is 7. The second-order valence-corrected chi connectivity index (χ2v) is 17.1. The molecule has 0 radical (unpaired) electrons. The van der Waals surface area contributed by atoms with Gasteiger partial charge in [0.15, 0.2) is 0 Å². The smallest absolute Gasteiger partial charge is 0.416 e. The first-order valence-electron chi connectivity index (χ1n) is 19.7. The van der Waals surface area contributed by atoms with E-state index in [-0.39, 0.29) is 66.0 Å². The molecule has 9 nitrogen and oxygen atoms in total. The molecular weight excluding hydrogens is 732 g/mol. The predicted molar refractivity (Wildman–Crippen MR) is 197 cm³/mol. The first kappa shape index (κ1) is 40.1. The number of esters is 1. The maximum atomic E-state index is 13.9. The number of methoxy groups -OCH3 is 1. The number of benzene rings is 2. The van der Waals surface area contributed by atoms with E-state index in [2.05, 4.69) is 53.6 Å². The molecule has 3 N–H and O–H groups in total. The summed E-state index contributed by atoms with van der Waals surface area (Å²) in [4.78, 5) is 50.2. The Morgan fingerprint density at radius 1 is 1.04 bits per heavy atom. The molecule has 1 amide bonds. The lowest BCUT2D eigenvalue weighted by molar-refractivity contribution is -0.155. The van der Waals surface area contributed by atoms with Gasteiger partial charge < -0.3 is 20.3 Å². The quantitative estimate of drug-likeness (QED) is 0.193. The number of allylic oxidation sites excluding steroid dienone is 1. The fourth-order valence-corrected chi connectivity index (χ4v) is 10.8. The molecular formula is C43H50F4N2O7. The largest absolute Gasteiger partial charge is 0.481 e. The van der Waals surface area contributed by atoms with Crippen molar-refractivity contribution in [2.24, 2.45) is 40.4 Å². The number of fused-ring (bicyclic) bond motifs is 2. The van der Waals surface area contributed by atoms with Crippen molar-refractivity contribution in [3.8, 4) is 0 Å². The molecule has 6 aliphatic rings. The minimum Gasteiger partial charge on any atom is -0.481 e. The molecule has 1 heterocycles. The van der Waals surface area contributed by atoms with E-state index in [9.17, 15) is 41.8 Å². The van der Waals surface area contributed by atoms with E-state index in [1.54, 1.807) is 0 Å². The van der Waals surface area contributed by atoms with Crippen molar-refractivity contribution in [2.45, 2.75) is 88.9 Å². The lowest BCUT2D eigenvalue weighted by Crippen LogP contribution is -2.51. The minimum atomic E-state index is -4.66. The molecule has 0 bridgehead atoms. The third-order valence-electron chi connectivity index (χ3n) is 14.1. The third-order valence-corrected chi connectivity index (χ3v) is 14.1. The Morgan fingerprint density at radius 2 is 1.80 bits per heavy atom. The molecule has 1 spiro atoms. The van der Waals surface area contributed by atoms with E-state index in [0.717, 1.165) is 44.5 Å². The summed E-state index contributed by atoms with van der Waals surface area (Å²) >= 11 is 0. The highest BCUT2D eigenvalue weighted by Crippen LogP contribution is 2.60. The number of ketones is 1. The van der Waals surface area contributed by atoms with Crippen LogP contribution in [0.25, 0.3) is 6.08 Å². The van der Waals surface area contributed by atoms with E-state index in [1.165, 1.54) is 18.2 Å². The Morgan fingerprint density at radius 3 is 2.43 bits per heavy atom. The van der Waals surface area contributed by atoms with Crippen LogP contribution in [0.3, 0.4) is 0 Å². The van der Waals surface area contributed by atoms with Gasteiger partial charge in [0.25, 0.3) is 0 Å². The summed E-state index contributed by atoms with van der Waals surface area (Å²) in [7, 11) is 1.28. The van der Waals surface area contributed by atoms with Gasteiger partial charge in [0, 0.05) is 44.0 Å². The number of ether oxygens (including phenoxy) is 1. The molecule has 9 atom stereocenters. The lowest BCUT2D eigenvalue weighted by Gasteiger charge is -2.46. The molecule has 7 unspecified atom stereocenters. The van der Waals surface area contributed by atoms with Crippen molar-refractivity contribution < 1.29 is 51.7 Å². The van der Waals surface area contributed by atoms with Crippen LogP contribution in [0.5, 0.6) is 0 Å². The normalized spacial score (nSPS) is 34.4. The fourth-order valence-electron chi connectivity index (χ4n) is 10.8. The van der Waals surface area contributed by atoms with Crippen LogP contribution in [0.15, 0.2) is 48.5 Å². The number of alkyl halides is 3. The Bertz CT molecular complexity index is 1920. The number of aliphatic carboxylic acids is 1. The van der Waals surface area contributed by atoms with Gasteiger partial charge in [0.1, 0.15) is 11.6 Å². The van der Waals surface area contributed by atoms with Crippen molar-refractivity contribution in [2.75, 3.05) is 26.8 Å². The van der Waals surface area contributed by atoms with Gasteiger partial charge in [-0.2, -0.15) is 13.2 Å². The number of carboxylic acid groups (broad SMARTS) is 1. The average Bonchev–Trinajstić information content (AvgIpc) is 4.03. The number of likely N-dealkylation sites (tertiary alicyclic amines) is 1.